The average molecular weight is 226 g/mol. The van der Waals surface area contributed by atoms with Gasteiger partial charge < -0.3 is 0 Å². The van der Waals surface area contributed by atoms with E-state index in [2.05, 4.69) is 0 Å². The first kappa shape index (κ1) is 11.3. The topological polar surface area (TPSA) is 32.7 Å². The van der Waals surface area contributed by atoms with Gasteiger partial charge in [-0.05, 0) is 0 Å². The number of hydrogen-bond acceptors (Lipinski definition) is 2. The molecule has 0 aliphatic carbocycles. The molecule has 1 aromatic carbocycles. The van der Waals surface area contributed by atoms with E-state index in [9.17, 15) is 26.9 Å². The first-order valence-electron chi connectivity index (χ1n) is 3.50. The summed E-state index contributed by atoms with van der Waals surface area (Å²) in [4.78, 5) is 9.92. The molecule has 0 radical (unpaired) electrons. The molecule has 0 fully saturated rings. The molecule has 82 valence electrons. The van der Waals surface area contributed by atoms with Gasteiger partial charge in [0.1, 0.15) is 5.69 Å². The summed E-state index contributed by atoms with van der Waals surface area (Å²) in [6.07, 6.45) is 0. The summed E-state index contributed by atoms with van der Waals surface area (Å²) in [6, 6.07) is 0. The Morgan fingerprint density at radius 1 is 0.867 bits per heavy atom. The minimum Gasteiger partial charge on any atom is -0.226 e. The van der Waals surface area contributed by atoms with Crippen molar-refractivity contribution in [2.45, 2.75) is 0 Å². The predicted molar refractivity (Wildman–Crippen MR) is 40.4 cm³/mol. The van der Waals surface area contributed by atoms with Crippen molar-refractivity contribution in [2.75, 3.05) is 12.1 Å². The van der Waals surface area contributed by atoms with Crippen molar-refractivity contribution in [3.05, 3.63) is 34.0 Å². The molecule has 3 nitrogen and oxygen atoms in total. The molecule has 0 heterocycles. The summed E-state index contributed by atoms with van der Waals surface area (Å²) >= 11 is 0. The van der Waals surface area contributed by atoms with Crippen molar-refractivity contribution in [3.8, 4) is 0 Å². The Bertz CT molecular complexity index is 393. The molecule has 1 rings (SSSR count). The quantitative estimate of drug-likeness (QED) is 0.255. The van der Waals surface area contributed by atoms with Crippen LogP contribution >= 0.6 is 0 Å². The van der Waals surface area contributed by atoms with Crippen LogP contribution in [0, 0.1) is 34.0 Å². The zero-order valence-electron chi connectivity index (χ0n) is 7.19. The Labute approximate surface area is 80.0 Å². The minimum absolute atomic E-state index is 0.0102. The molecule has 15 heavy (non-hydrogen) atoms. The van der Waals surface area contributed by atoms with Crippen molar-refractivity contribution >= 4 is 5.69 Å². The highest BCUT2D eigenvalue weighted by Gasteiger charge is 2.28. The van der Waals surface area contributed by atoms with Crippen LogP contribution in [0.25, 0.3) is 0 Å². The van der Waals surface area contributed by atoms with Crippen LogP contribution in [-0.4, -0.2) is 7.05 Å². The maximum atomic E-state index is 12.9. The van der Waals surface area contributed by atoms with Gasteiger partial charge in [-0.15, -0.1) is 4.91 Å². The Balaban J connectivity index is 3.59. The summed E-state index contributed by atoms with van der Waals surface area (Å²) in [6.45, 7) is 0. The number of benzene rings is 1. The lowest BCUT2D eigenvalue weighted by Gasteiger charge is -2.12. The zero-order chi connectivity index (χ0) is 11.7. The van der Waals surface area contributed by atoms with Crippen LogP contribution in [-0.2, 0) is 0 Å². The smallest absolute Gasteiger partial charge is 0.200 e. The molecular formula is C7H3F5N2O. The molecule has 0 saturated heterocycles. The molecule has 0 amide bonds. The molecule has 0 saturated carbocycles. The van der Waals surface area contributed by atoms with E-state index in [0.29, 0.717) is 0 Å². The van der Waals surface area contributed by atoms with Gasteiger partial charge in [-0.3, -0.25) is 0 Å². The first-order chi connectivity index (χ1) is 6.91. The third kappa shape index (κ3) is 1.62. The van der Waals surface area contributed by atoms with Crippen molar-refractivity contribution in [1.82, 2.24) is 0 Å². The fraction of sp³-hybridized carbons (Fsp3) is 0.143. The van der Waals surface area contributed by atoms with Gasteiger partial charge in [0.15, 0.2) is 23.3 Å². The fourth-order valence-corrected chi connectivity index (χ4v) is 0.918. The van der Waals surface area contributed by atoms with E-state index in [0.717, 1.165) is 7.05 Å². The third-order valence-corrected chi connectivity index (χ3v) is 1.63. The molecule has 0 aliphatic heterocycles. The van der Waals surface area contributed by atoms with Crippen LogP contribution in [0.5, 0.6) is 0 Å². The summed E-state index contributed by atoms with van der Waals surface area (Å²) < 4.78 is 63.4. The van der Waals surface area contributed by atoms with Crippen LogP contribution in [0.3, 0.4) is 0 Å². The van der Waals surface area contributed by atoms with Crippen molar-refractivity contribution in [3.63, 3.8) is 0 Å². The number of nitrogens with zero attached hydrogens (tertiary/aromatic N) is 2. The summed E-state index contributed by atoms with van der Waals surface area (Å²) in [5.41, 5.74) is -1.39. The van der Waals surface area contributed by atoms with Gasteiger partial charge in [-0.25, -0.2) is 27.0 Å². The normalized spacial score (nSPS) is 10.3. The Morgan fingerprint density at radius 3 is 1.53 bits per heavy atom. The van der Waals surface area contributed by atoms with Gasteiger partial charge >= 0.3 is 0 Å². The minimum atomic E-state index is -2.28. The number of hydrogen-bond donors (Lipinski definition) is 0. The SMILES string of the molecule is CN(N=O)c1c(F)c(F)c(F)c(F)c1F. The maximum absolute atomic E-state index is 12.9. The second kappa shape index (κ2) is 3.79. The average Bonchev–Trinajstić information content (AvgIpc) is 2.23. The summed E-state index contributed by atoms with van der Waals surface area (Å²) in [5.74, 6) is -10.7. The zero-order valence-corrected chi connectivity index (χ0v) is 7.19. The van der Waals surface area contributed by atoms with Crippen molar-refractivity contribution in [1.29, 1.82) is 0 Å². The number of anilines is 1. The van der Waals surface area contributed by atoms with Crippen LogP contribution in [0.15, 0.2) is 5.29 Å². The Morgan fingerprint density at radius 2 is 1.20 bits per heavy atom. The van der Waals surface area contributed by atoms with Crippen LogP contribution in [0.2, 0.25) is 0 Å². The molecule has 0 bridgehead atoms. The Hall–Kier alpha value is -1.73. The van der Waals surface area contributed by atoms with Gasteiger partial charge in [0.2, 0.25) is 5.82 Å². The van der Waals surface area contributed by atoms with Crippen molar-refractivity contribution < 1.29 is 22.0 Å². The van der Waals surface area contributed by atoms with E-state index in [1.54, 1.807) is 0 Å². The monoisotopic (exact) mass is 226 g/mol. The second-order valence-corrected chi connectivity index (χ2v) is 2.52. The molecule has 0 unspecified atom stereocenters. The summed E-state index contributed by atoms with van der Waals surface area (Å²) in [5, 5.41) is 2.05. The maximum Gasteiger partial charge on any atom is 0.200 e. The van der Waals surface area contributed by atoms with Gasteiger partial charge in [0.05, 0.1) is 5.29 Å². The van der Waals surface area contributed by atoms with Crippen LogP contribution < -0.4 is 5.01 Å². The molecule has 0 N–H and O–H groups in total. The van der Waals surface area contributed by atoms with E-state index in [4.69, 9.17) is 0 Å². The van der Waals surface area contributed by atoms with Crippen LogP contribution in [0.4, 0.5) is 27.6 Å². The fourth-order valence-electron chi connectivity index (χ4n) is 0.918. The molecule has 1 aromatic rings. The second-order valence-electron chi connectivity index (χ2n) is 2.52. The van der Waals surface area contributed by atoms with E-state index in [1.807, 2.05) is 5.29 Å². The number of halogens is 5. The molecule has 8 heteroatoms. The predicted octanol–water partition coefficient (Wildman–Crippen LogP) is 2.50. The third-order valence-electron chi connectivity index (χ3n) is 1.63. The lowest BCUT2D eigenvalue weighted by Crippen LogP contribution is -2.15. The van der Waals surface area contributed by atoms with E-state index in [-0.39, 0.29) is 5.01 Å². The van der Waals surface area contributed by atoms with Gasteiger partial charge in [-0.1, -0.05) is 0 Å². The van der Waals surface area contributed by atoms with E-state index >= 15 is 0 Å². The lowest BCUT2D eigenvalue weighted by molar-refractivity contribution is 0.379. The molecule has 0 aromatic heterocycles. The van der Waals surface area contributed by atoms with Crippen molar-refractivity contribution in [2.24, 2.45) is 5.29 Å². The molecule has 0 spiro atoms. The molecular weight excluding hydrogens is 223 g/mol. The first-order valence-corrected chi connectivity index (χ1v) is 3.50. The van der Waals surface area contributed by atoms with E-state index in [1.165, 1.54) is 0 Å². The summed E-state index contributed by atoms with van der Waals surface area (Å²) in [7, 11) is 0.755. The number of nitroso groups, excluding NO2 is 1. The highest BCUT2D eigenvalue weighted by atomic mass is 19.2. The van der Waals surface area contributed by atoms with Gasteiger partial charge in [-0.2, -0.15) is 0 Å². The number of rotatable bonds is 2. The van der Waals surface area contributed by atoms with Gasteiger partial charge in [0.25, 0.3) is 0 Å². The van der Waals surface area contributed by atoms with E-state index < -0.39 is 34.8 Å². The largest absolute Gasteiger partial charge is 0.226 e. The van der Waals surface area contributed by atoms with Gasteiger partial charge in [0, 0.05) is 7.05 Å². The highest BCUT2D eigenvalue weighted by Crippen LogP contribution is 2.29. The standard InChI is InChI=1S/C7H3F5N2O/c1-14(13-15)7-5(11)3(9)2(8)4(10)6(7)12/h1H3. The highest BCUT2D eigenvalue weighted by molar-refractivity contribution is 5.48. The Kier molecular flexibility index (Phi) is 2.87. The lowest BCUT2D eigenvalue weighted by atomic mass is 10.2. The molecule has 0 aliphatic rings. The molecule has 0 atom stereocenters. The van der Waals surface area contributed by atoms with Crippen LogP contribution in [0.1, 0.15) is 0 Å².